The van der Waals surface area contributed by atoms with Gasteiger partial charge >= 0.3 is 0 Å². The van der Waals surface area contributed by atoms with Gasteiger partial charge in [-0.2, -0.15) is 0 Å². The molecule has 0 amide bonds. The number of methoxy groups -OCH3 is 2. The molecule has 0 aliphatic carbocycles. The molecule has 0 aliphatic heterocycles. The molecule has 0 saturated carbocycles. The van der Waals surface area contributed by atoms with E-state index in [1.54, 1.807) is 0 Å². The molecule has 4 nitrogen and oxygen atoms in total. The second-order valence-electron chi connectivity index (χ2n) is 1.56. The molecule has 0 aliphatic rings. The molecular formula is C4H10O4S. The van der Waals surface area contributed by atoms with Gasteiger partial charge in [0, 0.05) is 21.1 Å². The zero-order chi connectivity index (χ0) is 7.49. The van der Waals surface area contributed by atoms with E-state index in [1.165, 1.54) is 21.1 Å². The second kappa shape index (κ2) is 3.14. The fourth-order valence-electron chi connectivity index (χ4n) is 0.232. The number of rotatable bonds is 3. The molecule has 0 radical (unpaired) electrons. The molecule has 0 heterocycles. The van der Waals surface area contributed by atoms with Crippen LogP contribution in [0.4, 0.5) is 0 Å². The Balaban J connectivity index is 4.28. The number of hydrogen-bond acceptors (Lipinski definition) is 4. The van der Waals surface area contributed by atoms with Crippen LogP contribution >= 0.6 is 0 Å². The largest absolute Gasteiger partial charge is 0.341 e. The Morgan fingerprint density at radius 3 is 1.56 bits per heavy atom. The molecule has 0 atom stereocenters. The minimum atomic E-state index is -2.69. The standard InChI is InChI=1S/C4H10O4S/c1-4(7-2,8-3)9(5)6/h9H,1-3H3. The van der Waals surface area contributed by atoms with Crippen LogP contribution in [0.5, 0.6) is 0 Å². The Morgan fingerprint density at radius 1 is 1.22 bits per heavy atom. The highest BCUT2D eigenvalue weighted by molar-refractivity contribution is 7.73. The summed E-state index contributed by atoms with van der Waals surface area (Å²) in [6.45, 7) is 1.33. The summed E-state index contributed by atoms with van der Waals surface area (Å²) in [6, 6.07) is 0. The molecule has 0 aromatic rings. The van der Waals surface area contributed by atoms with Crippen molar-refractivity contribution in [1.29, 1.82) is 0 Å². The third-order valence-electron chi connectivity index (χ3n) is 1.09. The lowest BCUT2D eigenvalue weighted by Gasteiger charge is -2.17. The Morgan fingerprint density at radius 2 is 1.56 bits per heavy atom. The molecule has 56 valence electrons. The van der Waals surface area contributed by atoms with Crippen LogP contribution in [0.2, 0.25) is 0 Å². The summed E-state index contributed by atoms with van der Waals surface area (Å²) in [5.41, 5.74) is 0. The van der Waals surface area contributed by atoms with Gasteiger partial charge in [-0.05, 0) is 0 Å². The first-order valence-corrected chi connectivity index (χ1v) is 3.49. The highest BCUT2D eigenvalue weighted by Crippen LogP contribution is 2.08. The van der Waals surface area contributed by atoms with Crippen molar-refractivity contribution in [3.8, 4) is 0 Å². The maximum Gasteiger partial charge on any atom is 0.267 e. The molecule has 0 spiro atoms. The molecule has 0 N–H and O–H groups in total. The molecule has 0 rings (SSSR count). The summed E-state index contributed by atoms with van der Waals surface area (Å²) in [7, 11) is -0.146. The molecule has 0 aromatic carbocycles. The van der Waals surface area contributed by atoms with Crippen LogP contribution in [0.25, 0.3) is 0 Å². The lowest BCUT2D eigenvalue weighted by molar-refractivity contribution is -0.124. The van der Waals surface area contributed by atoms with E-state index in [1.807, 2.05) is 0 Å². The number of hydrogen-bond donors (Lipinski definition) is 1. The van der Waals surface area contributed by atoms with Gasteiger partial charge in [-0.1, -0.05) is 0 Å². The fourth-order valence-corrected chi connectivity index (χ4v) is 0.531. The van der Waals surface area contributed by atoms with Crippen molar-refractivity contribution in [2.45, 2.75) is 12.0 Å². The molecule has 0 unspecified atom stereocenters. The smallest absolute Gasteiger partial charge is 0.267 e. The number of ether oxygens (including phenoxy) is 2. The van der Waals surface area contributed by atoms with Crippen molar-refractivity contribution >= 4 is 10.7 Å². The predicted molar refractivity (Wildman–Crippen MR) is 32.7 cm³/mol. The summed E-state index contributed by atoms with van der Waals surface area (Å²) in [6.07, 6.45) is 0. The zero-order valence-corrected chi connectivity index (χ0v) is 6.47. The van der Waals surface area contributed by atoms with Gasteiger partial charge in [0.05, 0.1) is 0 Å². The van der Waals surface area contributed by atoms with Crippen LogP contribution in [-0.4, -0.2) is 27.8 Å². The van der Waals surface area contributed by atoms with Crippen molar-refractivity contribution in [3.05, 3.63) is 0 Å². The Kier molecular flexibility index (Phi) is 3.10. The fraction of sp³-hybridized carbons (Fsp3) is 1.00. The van der Waals surface area contributed by atoms with E-state index in [-0.39, 0.29) is 0 Å². The highest BCUT2D eigenvalue weighted by Gasteiger charge is 2.25. The van der Waals surface area contributed by atoms with Gasteiger partial charge in [0.2, 0.25) is 0 Å². The van der Waals surface area contributed by atoms with Gasteiger partial charge in [0.25, 0.3) is 5.12 Å². The number of thiol groups is 1. The minimum Gasteiger partial charge on any atom is -0.341 e. The van der Waals surface area contributed by atoms with Crippen molar-refractivity contribution in [2.24, 2.45) is 0 Å². The Hall–Kier alpha value is -0.130. The Labute approximate surface area is 55.7 Å². The SMILES string of the molecule is COC(C)(OC)[SH](=O)=O. The van der Waals surface area contributed by atoms with E-state index in [2.05, 4.69) is 9.47 Å². The van der Waals surface area contributed by atoms with E-state index >= 15 is 0 Å². The van der Waals surface area contributed by atoms with Gasteiger partial charge in [-0.3, -0.25) is 0 Å². The van der Waals surface area contributed by atoms with Crippen molar-refractivity contribution in [3.63, 3.8) is 0 Å². The van der Waals surface area contributed by atoms with Gasteiger partial charge in [-0.25, -0.2) is 8.42 Å². The Bertz CT molecular complexity index is 139. The van der Waals surface area contributed by atoms with Gasteiger partial charge in [0.1, 0.15) is 0 Å². The summed E-state index contributed by atoms with van der Waals surface area (Å²) in [5.74, 6) is 0. The summed E-state index contributed by atoms with van der Waals surface area (Å²) in [5, 5.41) is -1.46. The van der Waals surface area contributed by atoms with E-state index in [9.17, 15) is 8.42 Å². The van der Waals surface area contributed by atoms with Crippen LogP contribution < -0.4 is 0 Å². The van der Waals surface area contributed by atoms with Gasteiger partial charge < -0.3 is 9.47 Å². The van der Waals surface area contributed by atoms with E-state index in [4.69, 9.17) is 0 Å². The maximum absolute atomic E-state index is 10.3. The first-order valence-electron chi connectivity index (χ1n) is 2.31. The third kappa shape index (κ3) is 1.92. The predicted octanol–water partition coefficient (Wildman–Crippen LogP) is -0.436. The van der Waals surface area contributed by atoms with Crippen LogP contribution in [0.3, 0.4) is 0 Å². The van der Waals surface area contributed by atoms with E-state index in [0.717, 1.165) is 0 Å². The van der Waals surface area contributed by atoms with E-state index < -0.39 is 15.8 Å². The zero-order valence-electron chi connectivity index (χ0n) is 5.58. The normalized spacial score (nSPS) is 12.4. The quantitative estimate of drug-likeness (QED) is 0.442. The average molecular weight is 154 g/mol. The summed E-state index contributed by atoms with van der Waals surface area (Å²) in [4.78, 5) is 0. The monoisotopic (exact) mass is 154 g/mol. The molecule has 0 bridgehead atoms. The molecule has 0 aromatic heterocycles. The molecule has 9 heavy (non-hydrogen) atoms. The van der Waals surface area contributed by atoms with Crippen LogP contribution in [0.15, 0.2) is 0 Å². The first kappa shape index (κ1) is 8.87. The molecule has 0 fully saturated rings. The average Bonchev–Trinajstić information content (AvgIpc) is 1.86. The first-order chi connectivity index (χ1) is 4.06. The molecule has 0 saturated heterocycles. The summed E-state index contributed by atoms with van der Waals surface area (Å²) >= 11 is 0. The van der Waals surface area contributed by atoms with Crippen molar-refractivity contribution < 1.29 is 17.9 Å². The highest BCUT2D eigenvalue weighted by atomic mass is 32.2. The van der Waals surface area contributed by atoms with Crippen molar-refractivity contribution in [1.82, 2.24) is 0 Å². The van der Waals surface area contributed by atoms with Crippen molar-refractivity contribution in [2.75, 3.05) is 14.2 Å². The van der Waals surface area contributed by atoms with Gasteiger partial charge in [0.15, 0.2) is 10.7 Å². The van der Waals surface area contributed by atoms with Crippen LogP contribution in [0.1, 0.15) is 6.92 Å². The van der Waals surface area contributed by atoms with Crippen LogP contribution in [0, 0.1) is 0 Å². The minimum absolute atomic E-state index is 1.27. The van der Waals surface area contributed by atoms with Crippen LogP contribution in [-0.2, 0) is 20.2 Å². The third-order valence-corrected chi connectivity index (χ3v) is 2.12. The molecule has 5 heteroatoms. The second-order valence-corrected chi connectivity index (χ2v) is 2.89. The van der Waals surface area contributed by atoms with Gasteiger partial charge in [-0.15, -0.1) is 0 Å². The topological polar surface area (TPSA) is 52.6 Å². The summed E-state index contributed by atoms with van der Waals surface area (Å²) < 4.78 is 29.6. The van der Waals surface area contributed by atoms with E-state index in [0.29, 0.717) is 0 Å². The lowest BCUT2D eigenvalue weighted by atomic mass is 10.7. The lowest BCUT2D eigenvalue weighted by Crippen LogP contribution is -2.30. The molecular weight excluding hydrogens is 144 g/mol. The maximum atomic E-state index is 10.3.